The minimum absolute atomic E-state index is 0.934. The van der Waals surface area contributed by atoms with Crippen molar-refractivity contribution in [1.29, 1.82) is 0 Å². The highest BCUT2D eigenvalue weighted by Gasteiger charge is 2.07. The van der Waals surface area contributed by atoms with Crippen LogP contribution in [0.3, 0.4) is 0 Å². The lowest BCUT2D eigenvalue weighted by molar-refractivity contribution is 1.35. The molecule has 0 radical (unpaired) electrons. The lowest BCUT2D eigenvalue weighted by Gasteiger charge is -2.10. The third kappa shape index (κ3) is 2.31. The smallest absolute Gasteiger partial charge is 0.125 e. The first-order valence-corrected chi connectivity index (χ1v) is 5.98. The Morgan fingerprint density at radius 2 is 2.25 bits per heavy atom. The van der Waals surface area contributed by atoms with E-state index in [2.05, 4.69) is 42.0 Å². The van der Waals surface area contributed by atoms with Crippen molar-refractivity contribution in [1.82, 2.24) is 4.98 Å². The van der Waals surface area contributed by atoms with Crippen LogP contribution in [-0.4, -0.2) is 4.98 Å². The minimum Gasteiger partial charge on any atom is -0.359 e. The number of rotatable bonds is 3. The zero-order valence-electron chi connectivity index (χ0n) is 9.45. The van der Waals surface area contributed by atoms with E-state index in [9.17, 15) is 0 Å². The Morgan fingerprint density at radius 3 is 2.88 bits per heavy atom. The first-order chi connectivity index (χ1) is 7.66. The maximum Gasteiger partial charge on any atom is 0.125 e. The summed E-state index contributed by atoms with van der Waals surface area (Å²) in [6.45, 7) is 7.91. The summed E-state index contributed by atoms with van der Waals surface area (Å²) in [7, 11) is 0. The van der Waals surface area contributed by atoms with E-state index in [1.54, 1.807) is 11.3 Å². The summed E-state index contributed by atoms with van der Waals surface area (Å²) in [6.07, 6.45) is 1.82. The molecule has 0 spiro atoms. The second-order valence-electron chi connectivity index (χ2n) is 3.79. The summed E-state index contributed by atoms with van der Waals surface area (Å²) in [5.41, 5.74) is 4.36. The van der Waals surface area contributed by atoms with Crippen LogP contribution in [0, 0.1) is 6.92 Å². The molecule has 0 amide bonds. The summed E-state index contributed by atoms with van der Waals surface area (Å²) in [4.78, 5) is 4.33. The Kier molecular flexibility index (Phi) is 3.06. The zero-order valence-corrected chi connectivity index (χ0v) is 10.3. The second-order valence-corrected chi connectivity index (χ2v) is 4.69. The van der Waals surface area contributed by atoms with Gasteiger partial charge < -0.3 is 5.32 Å². The molecule has 0 aliphatic heterocycles. The van der Waals surface area contributed by atoms with Gasteiger partial charge in [0, 0.05) is 28.5 Å². The second kappa shape index (κ2) is 4.49. The lowest BCUT2D eigenvalue weighted by atomic mass is 10.1. The molecule has 16 heavy (non-hydrogen) atoms. The third-order valence-electron chi connectivity index (χ3n) is 2.19. The number of anilines is 1. The number of nitrogens with zero attached hydrogens (tertiary/aromatic N) is 1. The molecule has 0 fully saturated rings. The number of aryl methyl sites for hydroxylation is 1. The molecular weight excluding hydrogens is 216 g/mol. The number of allylic oxidation sites excluding steroid dienone is 1. The van der Waals surface area contributed by atoms with E-state index >= 15 is 0 Å². The molecule has 2 aromatic rings. The maximum atomic E-state index is 4.33. The molecular formula is C13H14N2S. The average Bonchev–Trinajstić information content (AvgIpc) is 2.69. The van der Waals surface area contributed by atoms with Crippen molar-refractivity contribution in [3.8, 4) is 10.6 Å². The molecule has 1 heterocycles. The van der Waals surface area contributed by atoms with Gasteiger partial charge in [0.15, 0.2) is 0 Å². The number of thiazole rings is 1. The SMILES string of the molecule is C=C(C)Nc1cc(C)ccc1-c1nccs1. The van der Waals surface area contributed by atoms with Gasteiger partial charge in [0.25, 0.3) is 0 Å². The van der Waals surface area contributed by atoms with E-state index in [1.807, 2.05) is 18.5 Å². The molecule has 1 N–H and O–H groups in total. The molecule has 0 atom stereocenters. The van der Waals surface area contributed by atoms with Crippen LogP contribution in [-0.2, 0) is 0 Å². The molecule has 0 unspecified atom stereocenters. The summed E-state index contributed by atoms with van der Waals surface area (Å²) >= 11 is 1.64. The highest BCUT2D eigenvalue weighted by atomic mass is 32.1. The van der Waals surface area contributed by atoms with Crippen LogP contribution in [0.2, 0.25) is 0 Å². The van der Waals surface area contributed by atoms with Gasteiger partial charge in [-0.15, -0.1) is 11.3 Å². The molecule has 0 aliphatic rings. The predicted octanol–water partition coefficient (Wildman–Crippen LogP) is 4.06. The minimum atomic E-state index is 0.934. The number of hydrogen-bond acceptors (Lipinski definition) is 3. The predicted molar refractivity (Wildman–Crippen MR) is 70.7 cm³/mol. The molecule has 2 nitrogen and oxygen atoms in total. The average molecular weight is 230 g/mol. The van der Waals surface area contributed by atoms with Crippen LogP contribution in [0.4, 0.5) is 5.69 Å². The monoisotopic (exact) mass is 230 g/mol. The molecule has 3 heteroatoms. The summed E-state index contributed by atoms with van der Waals surface area (Å²) in [6, 6.07) is 6.31. The normalized spacial score (nSPS) is 10.1. The van der Waals surface area contributed by atoms with E-state index < -0.39 is 0 Å². The van der Waals surface area contributed by atoms with Crippen molar-refractivity contribution in [2.24, 2.45) is 0 Å². The van der Waals surface area contributed by atoms with E-state index in [0.717, 1.165) is 22.0 Å². The Bertz CT molecular complexity index is 501. The standard InChI is InChI=1S/C13H14N2S/c1-9(2)15-12-8-10(3)4-5-11(12)13-14-6-7-16-13/h4-8,15H,1H2,2-3H3. The van der Waals surface area contributed by atoms with Gasteiger partial charge in [0.2, 0.25) is 0 Å². The first kappa shape index (κ1) is 10.9. The van der Waals surface area contributed by atoms with Gasteiger partial charge in [0.1, 0.15) is 5.01 Å². The topological polar surface area (TPSA) is 24.9 Å². The number of benzene rings is 1. The highest BCUT2D eigenvalue weighted by molar-refractivity contribution is 7.13. The molecule has 0 bridgehead atoms. The first-order valence-electron chi connectivity index (χ1n) is 5.10. The van der Waals surface area contributed by atoms with Crippen LogP contribution in [0.1, 0.15) is 12.5 Å². The highest BCUT2D eigenvalue weighted by Crippen LogP contribution is 2.30. The van der Waals surface area contributed by atoms with Gasteiger partial charge in [0.05, 0.1) is 0 Å². The number of nitrogens with one attached hydrogen (secondary N) is 1. The largest absolute Gasteiger partial charge is 0.359 e. The lowest BCUT2D eigenvalue weighted by Crippen LogP contribution is -1.96. The van der Waals surface area contributed by atoms with Crippen molar-refractivity contribution in [3.05, 3.63) is 47.6 Å². The molecule has 0 aliphatic carbocycles. The molecule has 1 aromatic carbocycles. The maximum absolute atomic E-state index is 4.33. The molecule has 2 rings (SSSR count). The fourth-order valence-electron chi connectivity index (χ4n) is 1.53. The van der Waals surface area contributed by atoms with Gasteiger partial charge in [-0.1, -0.05) is 12.6 Å². The molecule has 0 saturated heterocycles. The van der Waals surface area contributed by atoms with Gasteiger partial charge in [-0.2, -0.15) is 0 Å². The van der Waals surface area contributed by atoms with E-state index in [1.165, 1.54) is 5.56 Å². The quantitative estimate of drug-likeness (QED) is 0.860. The Morgan fingerprint density at radius 1 is 1.44 bits per heavy atom. The molecule has 1 aromatic heterocycles. The summed E-state index contributed by atoms with van der Waals surface area (Å²) in [5, 5.41) is 6.29. The van der Waals surface area contributed by atoms with Crippen molar-refractivity contribution in [3.63, 3.8) is 0 Å². The zero-order chi connectivity index (χ0) is 11.5. The van der Waals surface area contributed by atoms with Crippen LogP contribution in [0.5, 0.6) is 0 Å². The van der Waals surface area contributed by atoms with Crippen LogP contribution in [0.25, 0.3) is 10.6 Å². The van der Waals surface area contributed by atoms with E-state index in [-0.39, 0.29) is 0 Å². The molecule has 82 valence electrons. The van der Waals surface area contributed by atoms with Crippen LogP contribution < -0.4 is 5.32 Å². The Hall–Kier alpha value is -1.61. The van der Waals surface area contributed by atoms with Gasteiger partial charge in [-0.3, -0.25) is 0 Å². The third-order valence-corrected chi connectivity index (χ3v) is 2.99. The van der Waals surface area contributed by atoms with Crippen LogP contribution >= 0.6 is 11.3 Å². The van der Waals surface area contributed by atoms with Gasteiger partial charge >= 0.3 is 0 Å². The number of hydrogen-bond donors (Lipinski definition) is 1. The van der Waals surface area contributed by atoms with Crippen LogP contribution in [0.15, 0.2) is 42.1 Å². The van der Waals surface area contributed by atoms with Crippen molar-refractivity contribution in [2.75, 3.05) is 5.32 Å². The Balaban J connectivity index is 2.48. The molecule has 0 saturated carbocycles. The van der Waals surface area contributed by atoms with E-state index in [4.69, 9.17) is 0 Å². The Labute approximate surface area is 99.7 Å². The van der Waals surface area contributed by atoms with Crippen molar-refractivity contribution >= 4 is 17.0 Å². The van der Waals surface area contributed by atoms with Gasteiger partial charge in [-0.25, -0.2) is 4.98 Å². The summed E-state index contributed by atoms with van der Waals surface area (Å²) in [5.74, 6) is 0. The number of aromatic nitrogens is 1. The fraction of sp³-hybridized carbons (Fsp3) is 0.154. The van der Waals surface area contributed by atoms with Gasteiger partial charge in [-0.05, 0) is 31.5 Å². The van der Waals surface area contributed by atoms with Crippen molar-refractivity contribution < 1.29 is 0 Å². The fourth-order valence-corrected chi connectivity index (χ4v) is 2.21. The van der Waals surface area contributed by atoms with Crippen molar-refractivity contribution in [2.45, 2.75) is 13.8 Å². The summed E-state index contributed by atoms with van der Waals surface area (Å²) < 4.78 is 0. The van der Waals surface area contributed by atoms with E-state index in [0.29, 0.717) is 0 Å².